The molecule has 2 rings (SSSR count). The topological polar surface area (TPSA) is 107 Å². The molecule has 0 aliphatic carbocycles. The molecule has 20 heavy (non-hydrogen) atoms. The zero-order valence-corrected chi connectivity index (χ0v) is 12.0. The Bertz CT molecular complexity index is 600. The van der Waals surface area contributed by atoms with Gasteiger partial charge >= 0.3 is 0 Å². The first-order chi connectivity index (χ1) is 9.22. The first-order valence-electron chi connectivity index (χ1n) is 6.26. The summed E-state index contributed by atoms with van der Waals surface area (Å²) in [6.07, 6.45) is 1.19. The zero-order valence-electron chi connectivity index (χ0n) is 11.2. The Hall–Kier alpha value is -1.51. The van der Waals surface area contributed by atoms with Gasteiger partial charge in [-0.05, 0) is 31.9 Å². The standard InChI is InChI=1S/C12H17N3O4S/c1-12(13)6-8-14(9-7-12)20(18,19)11-4-2-10(3-5-11)15(16)17/h2-5H,6-9,13H2,1H3. The minimum atomic E-state index is -3.60. The molecule has 2 N–H and O–H groups in total. The van der Waals surface area contributed by atoms with Gasteiger partial charge in [0.1, 0.15) is 0 Å². The highest BCUT2D eigenvalue weighted by Crippen LogP contribution is 2.25. The number of hydrogen-bond acceptors (Lipinski definition) is 5. The minimum Gasteiger partial charge on any atom is -0.325 e. The van der Waals surface area contributed by atoms with Crippen molar-refractivity contribution in [2.24, 2.45) is 5.73 Å². The molecule has 1 aliphatic heterocycles. The van der Waals surface area contributed by atoms with Gasteiger partial charge in [0.2, 0.25) is 10.0 Å². The normalized spacial score (nSPS) is 19.7. The largest absolute Gasteiger partial charge is 0.325 e. The molecule has 0 unspecified atom stereocenters. The van der Waals surface area contributed by atoms with E-state index in [1.807, 2.05) is 6.92 Å². The Morgan fingerprint density at radius 2 is 1.75 bits per heavy atom. The van der Waals surface area contributed by atoms with Crippen molar-refractivity contribution in [1.82, 2.24) is 4.31 Å². The molecule has 0 spiro atoms. The predicted molar refractivity (Wildman–Crippen MR) is 73.7 cm³/mol. The van der Waals surface area contributed by atoms with Crippen LogP contribution in [-0.2, 0) is 10.0 Å². The molecule has 0 radical (unpaired) electrons. The highest BCUT2D eigenvalue weighted by molar-refractivity contribution is 7.89. The Morgan fingerprint density at radius 3 is 2.20 bits per heavy atom. The summed E-state index contributed by atoms with van der Waals surface area (Å²) in [6.45, 7) is 2.64. The van der Waals surface area contributed by atoms with Crippen LogP contribution in [-0.4, -0.2) is 36.3 Å². The molecule has 1 saturated heterocycles. The van der Waals surface area contributed by atoms with Gasteiger partial charge in [-0.15, -0.1) is 0 Å². The molecule has 1 aromatic rings. The molecular weight excluding hydrogens is 282 g/mol. The highest BCUT2D eigenvalue weighted by atomic mass is 32.2. The van der Waals surface area contributed by atoms with Gasteiger partial charge in [-0.25, -0.2) is 8.42 Å². The van der Waals surface area contributed by atoms with Crippen molar-refractivity contribution in [1.29, 1.82) is 0 Å². The van der Waals surface area contributed by atoms with Crippen LogP contribution < -0.4 is 5.73 Å². The summed E-state index contributed by atoms with van der Waals surface area (Å²) in [5.41, 5.74) is 5.52. The van der Waals surface area contributed by atoms with E-state index in [0.717, 1.165) is 0 Å². The number of nitrogens with two attached hydrogens (primary N) is 1. The van der Waals surface area contributed by atoms with Gasteiger partial charge in [0.25, 0.3) is 5.69 Å². The van der Waals surface area contributed by atoms with Gasteiger partial charge in [0, 0.05) is 30.8 Å². The summed E-state index contributed by atoms with van der Waals surface area (Å²) in [4.78, 5) is 10.1. The second-order valence-electron chi connectivity index (χ2n) is 5.31. The number of non-ortho nitro benzene ring substituents is 1. The predicted octanol–water partition coefficient (Wildman–Crippen LogP) is 1.10. The molecule has 1 heterocycles. The van der Waals surface area contributed by atoms with Crippen molar-refractivity contribution in [3.8, 4) is 0 Å². The lowest BCUT2D eigenvalue weighted by atomic mass is 9.92. The number of nitro groups is 1. The van der Waals surface area contributed by atoms with E-state index in [9.17, 15) is 18.5 Å². The molecule has 0 amide bonds. The van der Waals surface area contributed by atoms with Gasteiger partial charge in [0.05, 0.1) is 9.82 Å². The first kappa shape index (κ1) is 14.9. The van der Waals surface area contributed by atoms with E-state index in [2.05, 4.69) is 0 Å². The number of nitro benzene ring substituents is 1. The molecule has 1 fully saturated rings. The van der Waals surface area contributed by atoms with E-state index >= 15 is 0 Å². The van der Waals surface area contributed by atoms with Gasteiger partial charge in [0.15, 0.2) is 0 Å². The van der Waals surface area contributed by atoms with E-state index in [0.29, 0.717) is 25.9 Å². The van der Waals surface area contributed by atoms with Crippen molar-refractivity contribution in [3.05, 3.63) is 34.4 Å². The second kappa shape index (κ2) is 5.12. The van der Waals surface area contributed by atoms with E-state index in [1.54, 1.807) is 0 Å². The van der Waals surface area contributed by atoms with Gasteiger partial charge < -0.3 is 5.73 Å². The molecule has 1 aromatic carbocycles. The van der Waals surface area contributed by atoms with Crippen molar-refractivity contribution in [3.63, 3.8) is 0 Å². The van der Waals surface area contributed by atoms with Gasteiger partial charge in [-0.2, -0.15) is 4.31 Å². The zero-order chi connectivity index (χ0) is 15.0. The Kier molecular flexibility index (Phi) is 3.81. The van der Waals surface area contributed by atoms with E-state index in [-0.39, 0.29) is 16.1 Å². The number of rotatable bonds is 3. The smallest absolute Gasteiger partial charge is 0.269 e. The van der Waals surface area contributed by atoms with Crippen molar-refractivity contribution < 1.29 is 13.3 Å². The third-order valence-electron chi connectivity index (χ3n) is 3.55. The molecule has 110 valence electrons. The summed E-state index contributed by atoms with van der Waals surface area (Å²) in [5, 5.41) is 10.6. The summed E-state index contributed by atoms with van der Waals surface area (Å²) < 4.78 is 26.2. The van der Waals surface area contributed by atoms with Crippen LogP contribution in [0.3, 0.4) is 0 Å². The number of sulfonamides is 1. The lowest BCUT2D eigenvalue weighted by Gasteiger charge is -2.35. The van der Waals surface area contributed by atoms with Gasteiger partial charge in [-0.1, -0.05) is 0 Å². The highest BCUT2D eigenvalue weighted by Gasteiger charge is 2.33. The fourth-order valence-corrected chi connectivity index (χ4v) is 3.57. The van der Waals surface area contributed by atoms with Crippen LogP contribution in [0.4, 0.5) is 5.69 Å². The number of benzene rings is 1. The Morgan fingerprint density at radius 1 is 1.25 bits per heavy atom. The van der Waals surface area contributed by atoms with Crippen molar-refractivity contribution in [2.75, 3.05) is 13.1 Å². The van der Waals surface area contributed by atoms with E-state index < -0.39 is 14.9 Å². The lowest BCUT2D eigenvalue weighted by Crippen LogP contribution is -2.49. The van der Waals surface area contributed by atoms with E-state index in [4.69, 9.17) is 5.73 Å². The number of piperidine rings is 1. The third kappa shape index (κ3) is 2.97. The number of hydrogen-bond donors (Lipinski definition) is 1. The van der Waals surface area contributed by atoms with Crippen LogP contribution in [0.15, 0.2) is 29.2 Å². The lowest BCUT2D eigenvalue weighted by molar-refractivity contribution is -0.384. The maximum Gasteiger partial charge on any atom is 0.269 e. The average molecular weight is 299 g/mol. The fraction of sp³-hybridized carbons (Fsp3) is 0.500. The Labute approximate surface area is 117 Å². The molecule has 0 atom stereocenters. The molecule has 0 aromatic heterocycles. The monoisotopic (exact) mass is 299 g/mol. The summed E-state index contributed by atoms with van der Waals surface area (Å²) in [5.74, 6) is 0. The molecule has 1 aliphatic rings. The SMILES string of the molecule is CC1(N)CCN(S(=O)(=O)c2ccc([N+](=O)[O-])cc2)CC1. The van der Waals surface area contributed by atoms with Crippen LogP contribution in [0.5, 0.6) is 0 Å². The molecule has 7 nitrogen and oxygen atoms in total. The maximum absolute atomic E-state index is 12.4. The second-order valence-corrected chi connectivity index (χ2v) is 7.25. The molecule has 8 heteroatoms. The van der Waals surface area contributed by atoms with Crippen LogP contribution in [0, 0.1) is 10.1 Å². The van der Waals surface area contributed by atoms with Crippen molar-refractivity contribution >= 4 is 15.7 Å². The molecule has 0 bridgehead atoms. The Balaban J connectivity index is 2.20. The van der Waals surface area contributed by atoms with Crippen molar-refractivity contribution in [2.45, 2.75) is 30.2 Å². The average Bonchev–Trinajstić information content (AvgIpc) is 2.38. The van der Waals surface area contributed by atoms with Crippen LogP contribution >= 0.6 is 0 Å². The number of nitrogens with zero attached hydrogens (tertiary/aromatic N) is 2. The molecular formula is C12H17N3O4S. The molecule has 0 saturated carbocycles. The third-order valence-corrected chi connectivity index (χ3v) is 5.46. The van der Waals surface area contributed by atoms with Crippen LogP contribution in [0.25, 0.3) is 0 Å². The van der Waals surface area contributed by atoms with E-state index in [1.165, 1.54) is 28.6 Å². The quantitative estimate of drug-likeness (QED) is 0.664. The summed E-state index contributed by atoms with van der Waals surface area (Å²) in [6, 6.07) is 4.93. The van der Waals surface area contributed by atoms with Crippen LogP contribution in [0.1, 0.15) is 19.8 Å². The fourth-order valence-electron chi connectivity index (χ4n) is 2.13. The summed E-state index contributed by atoms with van der Waals surface area (Å²) >= 11 is 0. The maximum atomic E-state index is 12.4. The summed E-state index contributed by atoms with van der Waals surface area (Å²) in [7, 11) is -3.60. The minimum absolute atomic E-state index is 0.0729. The van der Waals surface area contributed by atoms with Crippen LogP contribution in [0.2, 0.25) is 0 Å². The van der Waals surface area contributed by atoms with Gasteiger partial charge in [-0.3, -0.25) is 10.1 Å². The first-order valence-corrected chi connectivity index (χ1v) is 7.70.